The first-order chi connectivity index (χ1) is 7.31. The van der Waals surface area contributed by atoms with Crippen LogP contribution < -0.4 is 10.6 Å². The molecule has 0 aromatic carbocycles. The second-order valence-corrected chi connectivity index (χ2v) is 3.91. The molecule has 90 valence electrons. The summed E-state index contributed by atoms with van der Waals surface area (Å²) in [4.78, 5) is 11.3. The minimum absolute atomic E-state index is 0.173. The number of rotatable bonds is 10. The highest BCUT2D eigenvalue weighted by Crippen LogP contribution is 1.91. The molecule has 0 rings (SSSR count). The standard InChI is InChI=1S/C12H26N2O/c1-3-5-7-9-13-11-8-12(15)14-10-6-4-2/h13H,3-11H2,1-2H3,(H,14,15). The molecule has 0 aliphatic heterocycles. The molecule has 0 atom stereocenters. The second kappa shape index (κ2) is 11.5. The van der Waals surface area contributed by atoms with Gasteiger partial charge in [-0.15, -0.1) is 0 Å². The molecule has 1 amide bonds. The zero-order chi connectivity index (χ0) is 11.4. The predicted molar refractivity (Wildman–Crippen MR) is 64.9 cm³/mol. The minimum Gasteiger partial charge on any atom is -0.356 e. The van der Waals surface area contributed by atoms with E-state index in [4.69, 9.17) is 0 Å². The lowest BCUT2D eigenvalue weighted by Crippen LogP contribution is -2.28. The SMILES string of the molecule is CCCCCNCCC(=O)NCCCC. The van der Waals surface area contributed by atoms with Gasteiger partial charge in [-0.2, -0.15) is 0 Å². The van der Waals surface area contributed by atoms with Gasteiger partial charge in [0.25, 0.3) is 0 Å². The highest BCUT2D eigenvalue weighted by Gasteiger charge is 1.98. The molecular formula is C12H26N2O. The van der Waals surface area contributed by atoms with Crippen LogP contribution in [0.15, 0.2) is 0 Å². The van der Waals surface area contributed by atoms with E-state index in [0.717, 1.165) is 32.5 Å². The summed E-state index contributed by atoms with van der Waals surface area (Å²) in [6.45, 7) is 6.99. The molecule has 0 spiro atoms. The summed E-state index contributed by atoms with van der Waals surface area (Å²) < 4.78 is 0. The molecule has 0 bridgehead atoms. The van der Waals surface area contributed by atoms with Gasteiger partial charge in [0, 0.05) is 19.5 Å². The maximum absolute atomic E-state index is 11.3. The van der Waals surface area contributed by atoms with Crippen molar-refractivity contribution in [2.24, 2.45) is 0 Å². The first kappa shape index (κ1) is 14.4. The molecular weight excluding hydrogens is 188 g/mol. The van der Waals surface area contributed by atoms with Crippen molar-refractivity contribution in [2.75, 3.05) is 19.6 Å². The molecule has 0 aliphatic carbocycles. The van der Waals surface area contributed by atoms with Crippen molar-refractivity contribution in [3.05, 3.63) is 0 Å². The fraction of sp³-hybridized carbons (Fsp3) is 0.917. The maximum Gasteiger partial charge on any atom is 0.221 e. The minimum atomic E-state index is 0.173. The molecule has 15 heavy (non-hydrogen) atoms. The lowest BCUT2D eigenvalue weighted by molar-refractivity contribution is -0.120. The number of nitrogens with one attached hydrogen (secondary N) is 2. The van der Waals surface area contributed by atoms with E-state index in [1.165, 1.54) is 19.3 Å². The second-order valence-electron chi connectivity index (χ2n) is 3.91. The van der Waals surface area contributed by atoms with Crippen molar-refractivity contribution in [2.45, 2.75) is 52.4 Å². The van der Waals surface area contributed by atoms with Crippen LogP contribution in [0.2, 0.25) is 0 Å². The third kappa shape index (κ3) is 11.4. The average Bonchev–Trinajstić information content (AvgIpc) is 2.23. The number of hydrogen-bond acceptors (Lipinski definition) is 2. The van der Waals surface area contributed by atoms with Gasteiger partial charge in [-0.05, 0) is 19.4 Å². The van der Waals surface area contributed by atoms with Crippen LogP contribution in [0.4, 0.5) is 0 Å². The topological polar surface area (TPSA) is 41.1 Å². The Labute approximate surface area is 94.0 Å². The van der Waals surface area contributed by atoms with Crippen LogP contribution >= 0.6 is 0 Å². The van der Waals surface area contributed by atoms with Gasteiger partial charge in [-0.25, -0.2) is 0 Å². The number of hydrogen-bond donors (Lipinski definition) is 2. The average molecular weight is 214 g/mol. The molecule has 0 unspecified atom stereocenters. The smallest absolute Gasteiger partial charge is 0.221 e. The molecule has 0 heterocycles. The van der Waals surface area contributed by atoms with Crippen molar-refractivity contribution in [3.63, 3.8) is 0 Å². The largest absolute Gasteiger partial charge is 0.356 e. The van der Waals surface area contributed by atoms with Gasteiger partial charge in [0.05, 0.1) is 0 Å². The Morgan fingerprint density at radius 3 is 2.33 bits per heavy atom. The molecule has 2 N–H and O–H groups in total. The first-order valence-corrected chi connectivity index (χ1v) is 6.28. The molecule has 0 aromatic heterocycles. The molecule has 0 fully saturated rings. The summed E-state index contributed by atoms with van der Waals surface area (Å²) in [5.74, 6) is 0.173. The van der Waals surface area contributed by atoms with Crippen molar-refractivity contribution < 1.29 is 4.79 Å². The highest BCUT2D eigenvalue weighted by molar-refractivity contribution is 5.75. The van der Waals surface area contributed by atoms with Crippen LogP contribution in [0.1, 0.15) is 52.4 Å². The first-order valence-electron chi connectivity index (χ1n) is 6.28. The van der Waals surface area contributed by atoms with E-state index in [-0.39, 0.29) is 5.91 Å². The molecule has 0 saturated heterocycles. The predicted octanol–water partition coefficient (Wildman–Crippen LogP) is 2.07. The molecule has 0 radical (unpaired) electrons. The molecule has 0 aliphatic rings. The summed E-state index contributed by atoms with van der Waals surface area (Å²) >= 11 is 0. The quantitative estimate of drug-likeness (QED) is 0.547. The number of carbonyl (C=O) groups is 1. The highest BCUT2D eigenvalue weighted by atomic mass is 16.1. The van der Waals surface area contributed by atoms with Gasteiger partial charge in [0.1, 0.15) is 0 Å². The van der Waals surface area contributed by atoms with Gasteiger partial charge < -0.3 is 10.6 Å². The Kier molecular flexibility index (Phi) is 11.1. The maximum atomic E-state index is 11.3. The van der Waals surface area contributed by atoms with E-state index in [1.807, 2.05) is 0 Å². The zero-order valence-corrected chi connectivity index (χ0v) is 10.3. The van der Waals surface area contributed by atoms with E-state index < -0.39 is 0 Å². The Hall–Kier alpha value is -0.570. The molecule has 0 aromatic rings. The molecule has 0 saturated carbocycles. The number of unbranched alkanes of at least 4 members (excludes halogenated alkanes) is 3. The summed E-state index contributed by atoms with van der Waals surface area (Å²) in [7, 11) is 0. The summed E-state index contributed by atoms with van der Waals surface area (Å²) in [6, 6.07) is 0. The lowest BCUT2D eigenvalue weighted by atomic mass is 10.2. The summed E-state index contributed by atoms with van der Waals surface area (Å²) in [5, 5.41) is 6.19. The number of amides is 1. The van der Waals surface area contributed by atoms with Crippen molar-refractivity contribution in [1.29, 1.82) is 0 Å². The van der Waals surface area contributed by atoms with Gasteiger partial charge in [-0.3, -0.25) is 4.79 Å². The van der Waals surface area contributed by atoms with Gasteiger partial charge in [0.2, 0.25) is 5.91 Å². The Morgan fingerprint density at radius 1 is 0.933 bits per heavy atom. The van der Waals surface area contributed by atoms with Crippen LogP contribution in [0.25, 0.3) is 0 Å². The normalized spacial score (nSPS) is 10.3. The van der Waals surface area contributed by atoms with E-state index in [2.05, 4.69) is 24.5 Å². The van der Waals surface area contributed by atoms with E-state index >= 15 is 0 Å². The van der Waals surface area contributed by atoms with Gasteiger partial charge >= 0.3 is 0 Å². The Morgan fingerprint density at radius 2 is 1.67 bits per heavy atom. The van der Waals surface area contributed by atoms with Crippen molar-refractivity contribution >= 4 is 5.91 Å². The van der Waals surface area contributed by atoms with Crippen LogP contribution in [0, 0.1) is 0 Å². The molecule has 3 nitrogen and oxygen atoms in total. The number of carbonyl (C=O) groups excluding carboxylic acids is 1. The third-order valence-corrected chi connectivity index (χ3v) is 2.34. The Balaban J connectivity index is 3.10. The van der Waals surface area contributed by atoms with E-state index in [1.54, 1.807) is 0 Å². The lowest BCUT2D eigenvalue weighted by Gasteiger charge is -2.05. The van der Waals surface area contributed by atoms with Crippen molar-refractivity contribution in [1.82, 2.24) is 10.6 Å². The summed E-state index contributed by atoms with van der Waals surface area (Å²) in [6.07, 6.45) is 6.56. The van der Waals surface area contributed by atoms with Crippen LogP contribution in [0.3, 0.4) is 0 Å². The van der Waals surface area contributed by atoms with Gasteiger partial charge in [-0.1, -0.05) is 33.1 Å². The van der Waals surface area contributed by atoms with Crippen LogP contribution in [0.5, 0.6) is 0 Å². The van der Waals surface area contributed by atoms with E-state index in [9.17, 15) is 4.79 Å². The summed E-state index contributed by atoms with van der Waals surface area (Å²) in [5.41, 5.74) is 0. The van der Waals surface area contributed by atoms with E-state index in [0.29, 0.717) is 6.42 Å². The van der Waals surface area contributed by atoms with Gasteiger partial charge in [0.15, 0.2) is 0 Å². The van der Waals surface area contributed by atoms with Crippen LogP contribution in [-0.2, 0) is 4.79 Å². The third-order valence-electron chi connectivity index (χ3n) is 2.34. The monoisotopic (exact) mass is 214 g/mol. The fourth-order valence-corrected chi connectivity index (χ4v) is 1.32. The van der Waals surface area contributed by atoms with Crippen LogP contribution in [-0.4, -0.2) is 25.5 Å². The van der Waals surface area contributed by atoms with Crippen molar-refractivity contribution in [3.8, 4) is 0 Å². The fourth-order valence-electron chi connectivity index (χ4n) is 1.32. The molecule has 3 heteroatoms. The Bertz CT molecular complexity index is 149. The zero-order valence-electron chi connectivity index (χ0n) is 10.3.